The van der Waals surface area contributed by atoms with Crippen LogP contribution in [0.3, 0.4) is 0 Å². The lowest BCUT2D eigenvalue weighted by molar-refractivity contribution is 0.521. The number of benzene rings is 1. The molecule has 4 heteroatoms. The van der Waals surface area contributed by atoms with Gasteiger partial charge in [-0.3, -0.25) is 0 Å². The molecule has 0 radical (unpaired) electrons. The Kier molecular flexibility index (Phi) is 3.59. The van der Waals surface area contributed by atoms with Gasteiger partial charge >= 0.3 is 0 Å². The molecule has 0 bridgehead atoms. The highest BCUT2D eigenvalue weighted by Gasteiger charge is 2.40. The van der Waals surface area contributed by atoms with E-state index >= 15 is 0 Å². The third-order valence-corrected chi connectivity index (χ3v) is 4.16. The van der Waals surface area contributed by atoms with Crippen molar-refractivity contribution in [1.82, 2.24) is 0 Å². The molecule has 17 heavy (non-hydrogen) atoms. The van der Waals surface area contributed by atoms with Gasteiger partial charge in [-0.1, -0.05) is 30.7 Å². The van der Waals surface area contributed by atoms with E-state index in [0.29, 0.717) is 15.4 Å². The SMILES string of the molecule is CCC1(CNc2ccc(C(N)=S)cc2Cl)CC1. The maximum Gasteiger partial charge on any atom is 0.104 e. The first-order chi connectivity index (χ1) is 8.06. The summed E-state index contributed by atoms with van der Waals surface area (Å²) in [5.41, 5.74) is 7.84. The van der Waals surface area contributed by atoms with Crippen molar-refractivity contribution < 1.29 is 0 Å². The fraction of sp³-hybridized carbons (Fsp3) is 0.462. The van der Waals surface area contributed by atoms with E-state index in [1.54, 1.807) is 0 Å². The number of nitrogens with one attached hydrogen (secondary N) is 1. The van der Waals surface area contributed by atoms with E-state index in [4.69, 9.17) is 29.6 Å². The Morgan fingerprint density at radius 1 is 1.53 bits per heavy atom. The van der Waals surface area contributed by atoms with Crippen molar-refractivity contribution in [3.05, 3.63) is 28.8 Å². The molecule has 0 spiro atoms. The zero-order valence-corrected chi connectivity index (χ0v) is 11.5. The Morgan fingerprint density at radius 2 is 2.24 bits per heavy atom. The van der Waals surface area contributed by atoms with Crippen LogP contribution in [0.2, 0.25) is 5.02 Å². The molecule has 0 heterocycles. The second-order valence-corrected chi connectivity index (χ2v) is 5.61. The minimum Gasteiger partial charge on any atom is -0.389 e. The quantitative estimate of drug-likeness (QED) is 0.802. The number of halogens is 1. The van der Waals surface area contributed by atoms with E-state index in [2.05, 4.69) is 12.2 Å². The number of hydrogen-bond donors (Lipinski definition) is 2. The summed E-state index contributed by atoms with van der Waals surface area (Å²) in [6.45, 7) is 3.24. The van der Waals surface area contributed by atoms with Gasteiger partial charge in [0.15, 0.2) is 0 Å². The molecule has 2 rings (SSSR count). The summed E-state index contributed by atoms with van der Waals surface area (Å²) in [5.74, 6) is 0. The molecule has 2 nitrogen and oxygen atoms in total. The Bertz CT molecular complexity index is 441. The van der Waals surface area contributed by atoms with Gasteiger partial charge in [0.05, 0.1) is 10.7 Å². The molecule has 0 saturated heterocycles. The summed E-state index contributed by atoms with van der Waals surface area (Å²) in [6.07, 6.45) is 3.86. The van der Waals surface area contributed by atoms with Crippen molar-refractivity contribution in [3.8, 4) is 0 Å². The zero-order chi connectivity index (χ0) is 12.5. The second kappa shape index (κ2) is 4.83. The highest BCUT2D eigenvalue weighted by atomic mass is 35.5. The monoisotopic (exact) mass is 268 g/mol. The fourth-order valence-corrected chi connectivity index (χ4v) is 2.30. The van der Waals surface area contributed by atoms with Crippen molar-refractivity contribution >= 4 is 34.5 Å². The molecule has 0 atom stereocenters. The van der Waals surface area contributed by atoms with E-state index in [0.717, 1.165) is 17.8 Å². The standard InChI is InChI=1S/C13H17ClN2S/c1-2-13(5-6-13)8-16-11-4-3-9(12(15)17)7-10(11)14/h3-4,7,16H,2,5-6,8H2,1H3,(H2,15,17). The Morgan fingerprint density at radius 3 is 2.71 bits per heavy atom. The molecule has 1 saturated carbocycles. The first-order valence-corrected chi connectivity index (χ1v) is 6.68. The lowest BCUT2D eigenvalue weighted by atomic mass is 10.0. The summed E-state index contributed by atoms with van der Waals surface area (Å²) >= 11 is 11.1. The predicted octanol–water partition coefficient (Wildman–Crippen LogP) is 3.58. The lowest BCUT2D eigenvalue weighted by Gasteiger charge is -2.15. The molecule has 0 unspecified atom stereocenters. The third kappa shape index (κ3) is 2.90. The van der Waals surface area contributed by atoms with Crippen LogP contribution in [0.4, 0.5) is 5.69 Å². The van der Waals surface area contributed by atoms with E-state index in [1.165, 1.54) is 19.3 Å². The van der Waals surface area contributed by atoms with Crippen molar-refractivity contribution in [2.24, 2.45) is 11.1 Å². The maximum atomic E-state index is 6.19. The van der Waals surface area contributed by atoms with Crippen molar-refractivity contribution in [2.45, 2.75) is 26.2 Å². The minimum atomic E-state index is 0.380. The predicted molar refractivity (Wildman–Crippen MR) is 77.8 cm³/mol. The van der Waals surface area contributed by atoms with Gasteiger partial charge in [-0.05, 0) is 42.9 Å². The Hall–Kier alpha value is -0.800. The first-order valence-electron chi connectivity index (χ1n) is 5.89. The minimum absolute atomic E-state index is 0.380. The van der Waals surface area contributed by atoms with Crippen LogP contribution < -0.4 is 11.1 Å². The van der Waals surface area contributed by atoms with Crippen molar-refractivity contribution in [2.75, 3.05) is 11.9 Å². The molecule has 3 N–H and O–H groups in total. The molecule has 1 aliphatic rings. The largest absolute Gasteiger partial charge is 0.389 e. The maximum absolute atomic E-state index is 6.19. The number of anilines is 1. The number of nitrogens with two attached hydrogens (primary N) is 1. The summed E-state index contributed by atoms with van der Waals surface area (Å²) in [6, 6.07) is 5.67. The molecule has 0 amide bonds. The molecular weight excluding hydrogens is 252 g/mol. The summed E-state index contributed by atoms with van der Waals surface area (Å²) in [4.78, 5) is 0.380. The van der Waals surface area contributed by atoms with Gasteiger partial charge < -0.3 is 11.1 Å². The van der Waals surface area contributed by atoms with E-state index in [-0.39, 0.29) is 0 Å². The van der Waals surface area contributed by atoms with Crippen LogP contribution >= 0.6 is 23.8 Å². The van der Waals surface area contributed by atoms with Gasteiger partial charge in [0.1, 0.15) is 4.99 Å². The Labute approximate surface area is 113 Å². The van der Waals surface area contributed by atoms with Crippen LogP contribution in [-0.2, 0) is 0 Å². The van der Waals surface area contributed by atoms with Gasteiger partial charge in [-0.2, -0.15) is 0 Å². The van der Waals surface area contributed by atoms with Gasteiger partial charge in [0, 0.05) is 12.1 Å². The number of thiocarbonyl (C=S) groups is 1. The fourth-order valence-electron chi connectivity index (χ4n) is 1.93. The molecule has 1 aromatic carbocycles. The van der Waals surface area contributed by atoms with Gasteiger partial charge in [-0.25, -0.2) is 0 Å². The average Bonchev–Trinajstić information content (AvgIpc) is 3.08. The topological polar surface area (TPSA) is 38.0 Å². The van der Waals surface area contributed by atoms with Crippen LogP contribution in [0.5, 0.6) is 0 Å². The average molecular weight is 269 g/mol. The highest BCUT2D eigenvalue weighted by molar-refractivity contribution is 7.80. The lowest BCUT2D eigenvalue weighted by Crippen LogP contribution is -2.15. The highest BCUT2D eigenvalue weighted by Crippen LogP contribution is 2.48. The molecule has 0 aliphatic heterocycles. The van der Waals surface area contributed by atoms with Gasteiger partial charge in [-0.15, -0.1) is 0 Å². The van der Waals surface area contributed by atoms with Crippen LogP contribution in [0.15, 0.2) is 18.2 Å². The molecule has 0 aromatic heterocycles. The van der Waals surface area contributed by atoms with Crippen LogP contribution in [0.1, 0.15) is 31.7 Å². The van der Waals surface area contributed by atoms with Crippen LogP contribution in [0.25, 0.3) is 0 Å². The second-order valence-electron chi connectivity index (χ2n) is 4.77. The first kappa shape index (κ1) is 12.7. The summed E-state index contributed by atoms with van der Waals surface area (Å²) < 4.78 is 0. The van der Waals surface area contributed by atoms with Gasteiger partial charge in [0.25, 0.3) is 0 Å². The Balaban J connectivity index is 2.04. The van der Waals surface area contributed by atoms with Crippen LogP contribution in [0, 0.1) is 5.41 Å². The van der Waals surface area contributed by atoms with Gasteiger partial charge in [0.2, 0.25) is 0 Å². The summed E-state index contributed by atoms with van der Waals surface area (Å²) in [5, 5.41) is 4.10. The smallest absolute Gasteiger partial charge is 0.104 e. The molecule has 1 aromatic rings. The van der Waals surface area contributed by atoms with E-state index in [9.17, 15) is 0 Å². The normalized spacial score (nSPS) is 16.6. The van der Waals surface area contributed by atoms with Crippen molar-refractivity contribution in [3.63, 3.8) is 0 Å². The number of rotatable bonds is 5. The van der Waals surface area contributed by atoms with E-state index < -0.39 is 0 Å². The van der Waals surface area contributed by atoms with E-state index in [1.807, 2.05) is 18.2 Å². The van der Waals surface area contributed by atoms with Crippen molar-refractivity contribution in [1.29, 1.82) is 0 Å². The molecule has 92 valence electrons. The van der Waals surface area contributed by atoms with Crippen LogP contribution in [-0.4, -0.2) is 11.5 Å². The molecule has 1 aliphatic carbocycles. The molecular formula is C13H17ClN2S. The molecule has 1 fully saturated rings. The number of hydrogen-bond acceptors (Lipinski definition) is 2. The summed E-state index contributed by atoms with van der Waals surface area (Å²) in [7, 11) is 0. The third-order valence-electron chi connectivity index (χ3n) is 3.61. The zero-order valence-electron chi connectivity index (χ0n) is 9.92.